The molecule has 4 N–H and O–H groups in total. The molecule has 1 saturated heterocycles. The van der Waals surface area contributed by atoms with Crippen LogP contribution >= 0.6 is 0 Å². The number of aryl methyl sites for hydroxylation is 1. The first-order chi connectivity index (χ1) is 9.11. The Balaban J connectivity index is 1.90. The van der Waals surface area contributed by atoms with Gasteiger partial charge in [0.05, 0.1) is 18.3 Å². The Morgan fingerprint density at radius 1 is 1.53 bits per heavy atom. The number of carbonyl (C=O) groups excluding carboxylic acids is 1. The molecule has 1 aromatic rings. The van der Waals surface area contributed by atoms with Gasteiger partial charge in [-0.2, -0.15) is 5.10 Å². The van der Waals surface area contributed by atoms with Gasteiger partial charge in [0.1, 0.15) is 0 Å². The molecule has 1 amide bonds. The summed E-state index contributed by atoms with van der Waals surface area (Å²) in [6.45, 7) is 4.92. The van der Waals surface area contributed by atoms with Crippen molar-refractivity contribution >= 4 is 11.7 Å². The van der Waals surface area contributed by atoms with Gasteiger partial charge in [-0.05, 0) is 6.92 Å². The van der Waals surface area contributed by atoms with Crippen molar-refractivity contribution in [3.63, 3.8) is 0 Å². The highest BCUT2D eigenvalue weighted by atomic mass is 16.4. The van der Waals surface area contributed by atoms with E-state index in [1.54, 1.807) is 11.1 Å². The van der Waals surface area contributed by atoms with Crippen molar-refractivity contribution in [2.24, 2.45) is 10.9 Å². The number of amidine groups is 1. The molecule has 8 nitrogen and oxygen atoms in total. The summed E-state index contributed by atoms with van der Waals surface area (Å²) in [4.78, 5) is 16.1. The zero-order valence-corrected chi connectivity index (χ0v) is 10.8. The molecule has 0 aliphatic carbocycles. The van der Waals surface area contributed by atoms with Gasteiger partial charge in [-0.15, -0.1) is 0 Å². The molecule has 2 heterocycles. The van der Waals surface area contributed by atoms with E-state index >= 15 is 0 Å². The van der Waals surface area contributed by atoms with Crippen molar-refractivity contribution in [3.05, 3.63) is 17.5 Å². The molecular weight excluding hydrogens is 248 g/mol. The van der Waals surface area contributed by atoms with E-state index < -0.39 is 0 Å². The van der Waals surface area contributed by atoms with Gasteiger partial charge in [0.2, 0.25) is 0 Å². The fourth-order valence-electron chi connectivity index (χ4n) is 2.11. The van der Waals surface area contributed by atoms with Gasteiger partial charge in [-0.1, -0.05) is 5.16 Å². The van der Waals surface area contributed by atoms with Gasteiger partial charge in [-0.3, -0.25) is 14.8 Å². The number of H-pyrrole nitrogens is 1. The molecule has 0 saturated carbocycles. The molecule has 0 aromatic carbocycles. The van der Waals surface area contributed by atoms with Crippen LogP contribution in [0.15, 0.2) is 11.4 Å². The first kappa shape index (κ1) is 13.3. The number of nitrogens with zero attached hydrogens (tertiary/aromatic N) is 4. The van der Waals surface area contributed by atoms with Crippen molar-refractivity contribution < 1.29 is 10.0 Å². The minimum atomic E-state index is -0.00491. The number of nitrogens with two attached hydrogens (primary N) is 1. The number of amides is 1. The zero-order chi connectivity index (χ0) is 13.8. The third-order valence-electron chi connectivity index (χ3n) is 3.23. The van der Waals surface area contributed by atoms with Crippen molar-refractivity contribution in [3.8, 4) is 0 Å². The van der Waals surface area contributed by atoms with E-state index in [-0.39, 0.29) is 11.7 Å². The maximum atomic E-state index is 12.2. The highest BCUT2D eigenvalue weighted by molar-refractivity contribution is 5.95. The molecule has 1 aromatic heterocycles. The van der Waals surface area contributed by atoms with Crippen LogP contribution in [-0.4, -0.2) is 69.7 Å². The predicted molar refractivity (Wildman–Crippen MR) is 69.1 cm³/mol. The van der Waals surface area contributed by atoms with E-state index in [0.717, 1.165) is 5.69 Å². The highest BCUT2D eigenvalue weighted by Gasteiger charge is 2.24. The Hall–Kier alpha value is -2.09. The fraction of sp³-hybridized carbons (Fsp3) is 0.545. The molecule has 2 rings (SSSR count). The van der Waals surface area contributed by atoms with Crippen LogP contribution in [0.25, 0.3) is 0 Å². The molecule has 1 aliphatic rings. The van der Waals surface area contributed by atoms with Crippen LogP contribution in [0.1, 0.15) is 16.1 Å². The van der Waals surface area contributed by atoms with Crippen LogP contribution in [0.5, 0.6) is 0 Å². The van der Waals surface area contributed by atoms with Gasteiger partial charge < -0.3 is 15.8 Å². The normalized spacial score (nSPS) is 17.7. The maximum Gasteiger partial charge on any atom is 0.257 e. The molecule has 0 bridgehead atoms. The van der Waals surface area contributed by atoms with Crippen molar-refractivity contribution in [1.29, 1.82) is 0 Å². The number of hydrogen-bond donors (Lipinski definition) is 3. The number of piperazine rings is 1. The third-order valence-corrected chi connectivity index (χ3v) is 3.23. The number of rotatable bonds is 3. The lowest BCUT2D eigenvalue weighted by Gasteiger charge is -2.34. The standard InChI is InChI=1S/C11H18N6O2/c1-8-9(6-13-14-8)11(18)17-4-2-16(3-5-17)7-10(12)15-19/h6,19H,2-5,7H2,1H3,(H2,12,15)(H,13,14). The Morgan fingerprint density at radius 2 is 2.21 bits per heavy atom. The topological polar surface area (TPSA) is 111 Å². The van der Waals surface area contributed by atoms with Crippen molar-refractivity contribution in [2.45, 2.75) is 6.92 Å². The van der Waals surface area contributed by atoms with Crippen molar-refractivity contribution in [2.75, 3.05) is 32.7 Å². The molecule has 8 heteroatoms. The highest BCUT2D eigenvalue weighted by Crippen LogP contribution is 2.10. The largest absolute Gasteiger partial charge is 0.409 e. The van der Waals surface area contributed by atoms with E-state index in [2.05, 4.69) is 15.4 Å². The van der Waals surface area contributed by atoms with E-state index in [1.165, 1.54) is 0 Å². The van der Waals surface area contributed by atoms with Crippen LogP contribution in [0.2, 0.25) is 0 Å². The monoisotopic (exact) mass is 266 g/mol. The number of aromatic amines is 1. The summed E-state index contributed by atoms with van der Waals surface area (Å²) in [5.74, 6) is 0.181. The molecular formula is C11H18N6O2. The average Bonchev–Trinajstić information content (AvgIpc) is 2.85. The fourth-order valence-corrected chi connectivity index (χ4v) is 2.11. The van der Waals surface area contributed by atoms with E-state index in [4.69, 9.17) is 10.9 Å². The Morgan fingerprint density at radius 3 is 2.74 bits per heavy atom. The summed E-state index contributed by atoms with van der Waals surface area (Å²) >= 11 is 0. The van der Waals surface area contributed by atoms with Gasteiger partial charge >= 0.3 is 0 Å². The number of aromatic nitrogens is 2. The minimum absolute atomic E-state index is 0.00491. The first-order valence-electron chi connectivity index (χ1n) is 6.10. The Labute approximate surface area is 110 Å². The first-order valence-corrected chi connectivity index (χ1v) is 6.10. The molecule has 0 spiro atoms. The van der Waals surface area contributed by atoms with E-state index in [0.29, 0.717) is 38.3 Å². The lowest BCUT2D eigenvalue weighted by atomic mass is 10.2. The van der Waals surface area contributed by atoms with Crippen LogP contribution in [0.3, 0.4) is 0 Å². The quantitative estimate of drug-likeness (QED) is 0.288. The number of hydrogen-bond acceptors (Lipinski definition) is 5. The minimum Gasteiger partial charge on any atom is -0.409 e. The summed E-state index contributed by atoms with van der Waals surface area (Å²) in [7, 11) is 0. The SMILES string of the molecule is Cc1[nH]ncc1C(=O)N1CCN(CC(N)=NO)CC1. The second kappa shape index (κ2) is 5.70. The Kier molecular flexibility index (Phi) is 4.00. The molecule has 0 radical (unpaired) electrons. The number of carbonyl (C=O) groups is 1. The van der Waals surface area contributed by atoms with Crippen LogP contribution in [0, 0.1) is 6.92 Å². The van der Waals surface area contributed by atoms with Crippen LogP contribution in [0.4, 0.5) is 0 Å². The number of nitrogens with one attached hydrogen (secondary N) is 1. The summed E-state index contributed by atoms with van der Waals surface area (Å²) in [5, 5.41) is 18.1. The lowest BCUT2D eigenvalue weighted by molar-refractivity contribution is 0.0652. The van der Waals surface area contributed by atoms with Crippen LogP contribution in [-0.2, 0) is 0 Å². The summed E-state index contributed by atoms with van der Waals surface area (Å²) < 4.78 is 0. The summed E-state index contributed by atoms with van der Waals surface area (Å²) in [6.07, 6.45) is 1.56. The Bertz CT molecular complexity index is 475. The van der Waals surface area contributed by atoms with Gasteiger partial charge in [0.25, 0.3) is 5.91 Å². The molecule has 0 unspecified atom stereocenters. The average molecular weight is 266 g/mol. The maximum absolute atomic E-state index is 12.2. The van der Waals surface area contributed by atoms with E-state index in [1.807, 2.05) is 11.8 Å². The molecule has 19 heavy (non-hydrogen) atoms. The van der Waals surface area contributed by atoms with Crippen molar-refractivity contribution in [1.82, 2.24) is 20.0 Å². The molecule has 1 aliphatic heterocycles. The molecule has 104 valence electrons. The van der Waals surface area contributed by atoms with Crippen LogP contribution < -0.4 is 5.73 Å². The zero-order valence-electron chi connectivity index (χ0n) is 10.8. The molecule has 1 fully saturated rings. The smallest absolute Gasteiger partial charge is 0.257 e. The van der Waals surface area contributed by atoms with Gasteiger partial charge in [0, 0.05) is 31.9 Å². The lowest BCUT2D eigenvalue weighted by Crippen LogP contribution is -2.50. The van der Waals surface area contributed by atoms with Gasteiger partial charge in [-0.25, -0.2) is 0 Å². The number of oxime groups is 1. The second-order valence-electron chi connectivity index (χ2n) is 4.57. The van der Waals surface area contributed by atoms with E-state index in [9.17, 15) is 4.79 Å². The summed E-state index contributed by atoms with van der Waals surface area (Å²) in [5.41, 5.74) is 6.86. The third kappa shape index (κ3) is 3.02. The summed E-state index contributed by atoms with van der Waals surface area (Å²) in [6, 6.07) is 0. The second-order valence-corrected chi connectivity index (χ2v) is 4.57. The van der Waals surface area contributed by atoms with Gasteiger partial charge in [0.15, 0.2) is 5.84 Å². The predicted octanol–water partition coefficient (Wildman–Crippen LogP) is -0.778. The molecule has 0 atom stereocenters.